The number of nitrogens with one attached hydrogen (secondary N) is 1. The van der Waals surface area contributed by atoms with Gasteiger partial charge in [-0.2, -0.15) is 9.78 Å². The van der Waals surface area contributed by atoms with Gasteiger partial charge in [0.1, 0.15) is 0 Å². The molecule has 0 atom stereocenters. The smallest absolute Gasteiger partial charge is 0.329 e. The molecular weight excluding hydrogens is 372 g/mol. The summed E-state index contributed by atoms with van der Waals surface area (Å²) in [6.07, 6.45) is 0. The number of aromatic amines is 1. The maximum atomic E-state index is 12.6. The molecule has 0 aliphatic heterocycles. The molecule has 0 saturated carbocycles. The van der Waals surface area contributed by atoms with E-state index in [9.17, 15) is 9.59 Å². The monoisotopic (exact) mass is 400 g/mol. The van der Waals surface area contributed by atoms with Crippen molar-refractivity contribution in [2.24, 2.45) is 17.3 Å². The number of aromatic nitrogens is 4. The second-order valence-corrected chi connectivity index (χ2v) is 9.12. The van der Waals surface area contributed by atoms with Crippen LogP contribution in [0.3, 0.4) is 0 Å². The van der Waals surface area contributed by atoms with Crippen LogP contribution in [0.1, 0.15) is 52.9 Å². The standard InChI is InChI=1S/C19H28N8O2/c1-18(2,3)13-11(20-7)15(27(24-13)17(29)25(8)9)22-21-12-14(19(4,5)6)23-26(10)16(12)28/h23H,1-6,8-10H3. The molecule has 1 N–H and O–H groups in total. The second kappa shape index (κ2) is 7.31. The number of azo groups is 1. The Bertz CT molecular complexity index is 1060. The van der Waals surface area contributed by atoms with Gasteiger partial charge in [-0.3, -0.25) is 14.6 Å². The lowest BCUT2D eigenvalue weighted by atomic mass is 9.91. The van der Waals surface area contributed by atoms with Crippen LogP contribution in [0, 0.1) is 6.57 Å². The molecule has 0 aliphatic rings. The van der Waals surface area contributed by atoms with E-state index in [-0.39, 0.29) is 28.2 Å². The molecule has 0 fully saturated rings. The molecule has 2 aromatic heterocycles. The molecule has 156 valence electrons. The number of carbonyl (C=O) groups excluding carboxylic acids is 1. The van der Waals surface area contributed by atoms with Gasteiger partial charge in [-0.15, -0.1) is 10.2 Å². The highest BCUT2D eigenvalue weighted by Gasteiger charge is 2.30. The fraction of sp³-hybridized carbons (Fsp3) is 0.579. The number of hydrogen-bond acceptors (Lipinski definition) is 5. The summed E-state index contributed by atoms with van der Waals surface area (Å²) in [4.78, 5) is 30.1. The largest absolute Gasteiger partial charge is 0.344 e. The van der Waals surface area contributed by atoms with Crippen LogP contribution >= 0.6 is 0 Å². The lowest BCUT2D eigenvalue weighted by Crippen LogP contribution is -2.28. The third-order valence-electron chi connectivity index (χ3n) is 4.24. The lowest BCUT2D eigenvalue weighted by Gasteiger charge is -2.16. The van der Waals surface area contributed by atoms with Crippen LogP contribution in [-0.4, -0.2) is 44.6 Å². The molecule has 0 bridgehead atoms. The number of hydrogen-bond donors (Lipinski definition) is 1. The van der Waals surface area contributed by atoms with E-state index in [1.807, 2.05) is 41.5 Å². The summed E-state index contributed by atoms with van der Waals surface area (Å²) in [5, 5.41) is 15.7. The Balaban J connectivity index is 2.77. The van der Waals surface area contributed by atoms with Crippen molar-refractivity contribution in [1.29, 1.82) is 0 Å². The third-order valence-corrected chi connectivity index (χ3v) is 4.24. The van der Waals surface area contributed by atoms with Gasteiger partial charge in [0.2, 0.25) is 0 Å². The van der Waals surface area contributed by atoms with Gasteiger partial charge in [-0.05, 0) is 5.41 Å². The molecule has 10 nitrogen and oxygen atoms in total. The molecular formula is C19H28N8O2. The van der Waals surface area contributed by atoms with Crippen LogP contribution < -0.4 is 5.56 Å². The number of aryl methyl sites for hydroxylation is 1. The molecule has 0 aromatic carbocycles. The van der Waals surface area contributed by atoms with E-state index < -0.39 is 11.4 Å². The SMILES string of the molecule is [C-]#[N+]c1c(C(C)(C)C)nn(C(=O)N(C)C)c1N=Nc1c(C(C)(C)C)[nH]n(C)c1=O. The summed E-state index contributed by atoms with van der Waals surface area (Å²) in [5.74, 6) is 0.00624. The van der Waals surface area contributed by atoms with Crippen LogP contribution in [0.4, 0.5) is 22.0 Å². The first kappa shape index (κ1) is 22.1. The first-order valence-electron chi connectivity index (χ1n) is 9.14. The van der Waals surface area contributed by atoms with Crippen molar-refractivity contribution in [1.82, 2.24) is 24.5 Å². The maximum Gasteiger partial charge on any atom is 0.344 e. The van der Waals surface area contributed by atoms with Crippen LogP contribution in [0.5, 0.6) is 0 Å². The molecule has 0 radical (unpaired) electrons. The Morgan fingerprint density at radius 1 is 1.14 bits per heavy atom. The number of nitrogens with zero attached hydrogens (tertiary/aromatic N) is 7. The Kier molecular flexibility index (Phi) is 5.56. The van der Waals surface area contributed by atoms with Gasteiger partial charge in [0, 0.05) is 26.6 Å². The van der Waals surface area contributed by atoms with Crippen molar-refractivity contribution in [2.75, 3.05) is 14.1 Å². The molecule has 29 heavy (non-hydrogen) atoms. The van der Waals surface area contributed by atoms with Crippen molar-refractivity contribution in [2.45, 2.75) is 52.4 Å². The zero-order chi connectivity index (χ0) is 22.3. The average Bonchev–Trinajstić information content (AvgIpc) is 3.10. The number of carbonyl (C=O) groups is 1. The molecule has 10 heteroatoms. The molecule has 2 heterocycles. The van der Waals surface area contributed by atoms with Crippen molar-refractivity contribution in [3.05, 3.63) is 33.2 Å². The highest BCUT2D eigenvalue weighted by Crippen LogP contribution is 2.40. The Morgan fingerprint density at radius 2 is 1.72 bits per heavy atom. The van der Waals surface area contributed by atoms with Gasteiger partial charge in [0.25, 0.3) is 11.2 Å². The van der Waals surface area contributed by atoms with E-state index >= 15 is 0 Å². The topological polar surface area (TPSA) is 105 Å². The minimum Gasteiger partial charge on any atom is -0.329 e. The predicted octanol–water partition coefficient (Wildman–Crippen LogP) is 4.00. The molecule has 2 rings (SSSR count). The number of H-pyrrole nitrogens is 1. The van der Waals surface area contributed by atoms with E-state index in [1.165, 1.54) is 9.58 Å². The Labute approximate surface area is 170 Å². The minimum atomic E-state index is -0.483. The summed E-state index contributed by atoms with van der Waals surface area (Å²) in [6.45, 7) is 19.1. The quantitative estimate of drug-likeness (QED) is 0.608. The maximum absolute atomic E-state index is 12.6. The fourth-order valence-corrected chi connectivity index (χ4v) is 2.67. The second-order valence-electron chi connectivity index (χ2n) is 9.12. The van der Waals surface area contributed by atoms with Crippen LogP contribution in [0.25, 0.3) is 4.85 Å². The van der Waals surface area contributed by atoms with Crippen molar-refractivity contribution in [3.63, 3.8) is 0 Å². The van der Waals surface area contributed by atoms with Gasteiger partial charge in [0.05, 0.1) is 18.0 Å². The summed E-state index contributed by atoms with van der Waals surface area (Å²) in [7, 11) is 4.76. The summed E-state index contributed by atoms with van der Waals surface area (Å²) in [6, 6.07) is -0.461. The van der Waals surface area contributed by atoms with Crippen molar-refractivity contribution >= 4 is 23.2 Å². The Hall–Kier alpha value is -3.22. The summed E-state index contributed by atoms with van der Waals surface area (Å²) >= 11 is 0. The van der Waals surface area contributed by atoms with Crippen molar-refractivity contribution < 1.29 is 4.79 Å². The van der Waals surface area contributed by atoms with Crippen LogP contribution in [-0.2, 0) is 17.9 Å². The molecule has 0 spiro atoms. The molecule has 0 aliphatic carbocycles. The molecule has 0 unspecified atom stereocenters. The van der Waals surface area contributed by atoms with Gasteiger partial charge in [-0.25, -0.2) is 9.64 Å². The molecule has 1 amide bonds. The zero-order valence-corrected chi connectivity index (χ0v) is 18.4. The van der Waals surface area contributed by atoms with E-state index in [2.05, 4.69) is 25.3 Å². The zero-order valence-electron chi connectivity index (χ0n) is 18.4. The molecule has 0 saturated heterocycles. The summed E-state index contributed by atoms with van der Waals surface area (Å²) < 4.78 is 2.39. The van der Waals surface area contributed by atoms with Crippen LogP contribution in [0.2, 0.25) is 0 Å². The summed E-state index contributed by atoms with van der Waals surface area (Å²) in [5.41, 5.74) is 0.119. The predicted molar refractivity (Wildman–Crippen MR) is 111 cm³/mol. The van der Waals surface area contributed by atoms with Gasteiger partial charge in [0.15, 0.2) is 11.5 Å². The van der Waals surface area contributed by atoms with Crippen molar-refractivity contribution in [3.8, 4) is 0 Å². The Morgan fingerprint density at radius 3 is 2.17 bits per heavy atom. The van der Waals surface area contributed by atoms with Gasteiger partial charge in [-0.1, -0.05) is 41.5 Å². The number of rotatable bonds is 2. The first-order chi connectivity index (χ1) is 13.2. The van der Waals surface area contributed by atoms with Crippen LogP contribution in [0.15, 0.2) is 15.0 Å². The van der Waals surface area contributed by atoms with E-state index in [0.717, 1.165) is 4.68 Å². The van der Waals surface area contributed by atoms with Gasteiger partial charge < -0.3 is 4.90 Å². The average molecular weight is 400 g/mol. The van der Waals surface area contributed by atoms with E-state index in [1.54, 1.807) is 21.1 Å². The lowest BCUT2D eigenvalue weighted by molar-refractivity contribution is 0.216. The fourth-order valence-electron chi connectivity index (χ4n) is 2.67. The van der Waals surface area contributed by atoms with E-state index in [0.29, 0.717) is 11.4 Å². The highest BCUT2D eigenvalue weighted by atomic mass is 16.2. The minimum absolute atomic E-state index is 0.00624. The highest BCUT2D eigenvalue weighted by molar-refractivity contribution is 5.83. The number of amides is 1. The molecule has 2 aromatic rings. The first-order valence-corrected chi connectivity index (χ1v) is 9.14. The van der Waals surface area contributed by atoms with Gasteiger partial charge >= 0.3 is 6.03 Å². The van der Waals surface area contributed by atoms with E-state index in [4.69, 9.17) is 6.57 Å². The third kappa shape index (κ3) is 4.13. The normalized spacial score (nSPS) is 12.4.